The molecule has 56 valence electrons. The minimum atomic E-state index is -0.633. The molecule has 0 aliphatic heterocycles. The molecule has 0 aliphatic rings. The second kappa shape index (κ2) is 2.38. The lowest BCUT2D eigenvalue weighted by Gasteiger charge is -1.91. The smallest absolute Gasteiger partial charge is 0.358 e. The maximum absolute atomic E-state index is 10.3. The van der Waals surface area contributed by atoms with Crippen molar-refractivity contribution in [1.82, 2.24) is 9.55 Å². The molecule has 0 aromatic carbocycles. The molecule has 0 N–H and O–H groups in total. The standard InChI is InChI=1S/C5H4N4O2/c1-8-3-7-4(2-6)5(8)9(10)11/h3H,1H3. The number of rotatable bonds is 1. The molecule has 0 bridgehead atoms. The fourth-order valence-electron chi connectivity index (χ4n) is 0.718. The van der Waals surface area contributed by atoms with Crippen LogP contribution in [-0.4, -0.2) is 14.5 Å². The zero-order chi connectivity index (χ0) is 8.43. The van der Waals surface area contributed by atoms with Crippen LogP contribution in [0.25, 0.3) is 0 Å². The zero-order valence-electron chi connectivity index (χ0n) is 5.68. The average molecular weight is 152 g/mol. The number of hydrogen-bond donors (Lipinski definition) is 0. The number of aromatic nitrogens is 2. The summed E-state index contributed by atoms with van der Waals surface area (Å²) in [7, 11) is 1.46. The van der Waals surface area contributed by atoms with E-state index in [0.717, 1.165) is 0 Å². The molecule has 0 saturated heterocycles. The van der Waals surface area contributed by atoms with Crippen molar-refractivity contribution in [3.63, 3.8) is 0 Å². The van der Waals surface area contributed by atoms with Gasteiger partial charge in [0.25, 0.3) is 0 Å². The van der Waals surface area contributed by atoms with E-state index >= 15 is 0 Å². The molecule has 6 heteroatoms. The zero-order valence-corrected chi connectivity index (χ0v) is 5.68. The summed E-state index contributed by atoms with van der Waals surface area (Å²) in [6.07, 6.45) is 1.23. The predicted molar refractivity (Wildman–Crippen MR) is 34.6 cm³/mol. The Morgan fingerprint density at radius 1 is 1.91 bits per heavy atom. The third kappa shape index (κ3) is 1.03. The summed E-state index contributed by atoms with van der Waals surface area (Å²) in [6, 6.07) is 1.62. The molecule has 0 radical (unpaired) electrons. The monoisotopic (exact) mass is 152 g/mol. The Morgan fingerprint density at radius 3 is 2.91 bits per heavy atom. The molecule has 0 fully saturated rings. The van der Waals surface area contributed by atoms with E-state index in [9.17, 15) is 10.1 Å². The van der Waals surface area contributed by atoms with Crippen molar-refractivity contribution < 1.29 is 4.92 Å². The van der Waals surface area contributed by atoms with Crippen LogP contribution in [0.5, 0.6) is 0 Å². The lowest BCUT2D eigenvalue weighted by molar-refractivity contribution is -0.392. The van der Waals surface area contributed by atoms with Crippen LogP contribution in [0.15, 0.2) is 6.33 Å². The number of imidazole rings is 1. The molecule has 1 aromatic rings. The molecular weight excluding hydrogens is 148 g/mol. The van der Waals surface area contributed by atoms with E-state index in [1.54, 1.807) is 6.07 Å². The van der Waals surface area contributed by atoms with Gasteiger partial charge < -0.3 is 10.1 Å². The summed E-state index contributed by atoms with van der Waals surface area (Å²) in [4.78, 5) is 13.1. The second-order valence-corrected chi connectivity index (χ2v) is 1.90. The lowest BCUT2D eigenvalue weighted by Crippen LogP contribution is -1.97. The highest BCUT2D eigenvalue weighted by Gasteiger charge is 2.17. The maximum atomic E-state index is 10.3. The molecule has 0 saturated carbocycles. The van der Waals surface area contributed by atoms with Gasteiger partial charge in [0.2, 0.25) is 5.69 Å². The van der Waals surface area contributed by atoms with Gasteiger partial charge in [0.15, 0.2) is 6.33 Å². The van der Waals surface area contributed by atoms with Crippen LogP contribution >= 0.6 is 0 Å². The molecule has 6 nitrogen and oxygen atoms in total. The van der Waals surface area contributed by atoms with E-state index in [1.807, 2.05) is 0 Å². The molecule has 0 amide bonds. The van der Waals surface area contributed by atoms with Gasteiger partial charge in [0.05, 0.1) is 7.05 Å². The van der Waals surface area contributed by atoms with E-state index in [1.165, 1.54) is 17.9 Å². The van der Waals surface area contributed by atoms with Crippen LogP contribution < -0.4 is 0 Å². The highest BCUT2D eigenvalue weighted by molar-refractivity contribution is 5.37. The largest absolute Gasteiger partial charge is 0.360 e. The van der Waals surface area contributed by atoms with E-state index < -0.39 is 4.92 Å². The summed E-state index contributed by atoms with van der Waals surface area (Å²) in [6.45, 7) is 0. The first-order valence-electron chi connectivity index (χ1n) is 2.72. The number of aryl methyl sites for hydroxylation is 1. The Balaban J connectivity index is 3.32. The fraction of sp³-hybridized carbons (Fsp3) is 0.200. The lowest BCUT2D eigenvalue weighted by atomic mass is 10.5. The first kappa shape index (κ1) is 7.21. The molecule has 1 rings (SSSR count). The summed E-state index contributed by atoms with van der Waals surface area (Å²) in [5, 5.41) is 18.6. The third-order valence-electron chi connectivity index (χ3n) is 1.18. The predicted octanol–water partition coefficient (Wildman–Crippen LogP) is 0.200. The number of nitro groups is 1. The summed E-state index contributed by atoms with van der Waals surface area (Å²) >= 11 is 0. The molecule has 1 heterocycles. The van der Waals surface area contributed by atoms with E-state index in [4.69, 9.17) is 5.26 Å². The van der Waals surface area contributed by atoms with E-state index in [0.29, 0.717) is 0 Å². The highest BCUT2D eigenvalue weighted by Crippen LogP contribution is 2.13. The minimum absolute atomic E-state index is 0.155. The Bertz CT molecular complexity index is 335. The molecule has 1 aromatic heterocycles. The van der Waals surface area contributed by atoms with E-state index in [-0.39, 0.29) is 11.5 Å². The quantitative estimate of drug-likeness (QED) is 0.425. The highest BCUT2D eigenvalue weighted by atomic mass is 16.6. The number of hydrogen-bond acceptors (Lipinski definition) is 4. The SMILES string of the molecule is Cn1cnc(C#N)c1[N+](=O)[O-]. The van der Waals surface area contributed by atoms with Gasteiger partial charge in [-0.3, -0.25) is 0 Å². The topological polar surface area (TPSA) is 84.8 Å². The van der Waals surface area contributed by atoms with Crippen LogP contribution in [0.2, 0.25) is 0 Å². The van der Waals surface area contributed by atoms with Gasteiger partial charge in [0, 0.05) is 0 Å². The van der Waals surface area contributed by atoms with Crippen LogP contribution in [0, 0.1) is 21.4 Å². The molecule has 0 unspecified atom stereocenters. The van der Waals surface area contributed by atoms with E-state index in [2.05, 4.69) is 4.98 Å². The van der Waals surface area contributed by atoms with Crippen molar-refractivity contribution in [2.24, 2.45) is 7.05 Å². The Kier molecular flexibility index (Phi) is 1.56. The van der Waals surface area contributed by atoms with Gasteiger partial charge in [-0.2, -0.15) is 10.2 Å². The fourth-order valence-corrected chi connectivity index (χ4v) is 0.718. The second-order valence-electron chi connectivity index (χ2n) is 1.90. The van der Waals surface area contributed by atoms with Crippen molar-refractivity contribution in [1.29, 1.82) is 5.26 Å². The third-order valence-corrected chi connectivity index (χ3v) is 1.18. The van der Waals surface area contributed by atoms with Crippen molar-refractivity contribution in [2.75, 3.05) is 0 Å². The summed E-state index contributed by atoms with van der Waals surface area (Å²) in [5.74, 6) is -0.271. The number of nitrogens with zero attached hydrogens (tertiary/aromatic N) is 4. The first-order valence-corrected chi connectivity index (χ1v) is 2.72. The van der Waals surface area contributed by atoms with Gasteiger partial charge in [-0.05, 0) is 4.92 Å². The van der Waals surface area contributed by atoms with Crippen LogP contribution in [0.1, 0.15) is 5.69 Å². The summed E-state index contributed by atoms with van der Waals surface area (Å²) < 4.78 is 1.19. The molecular formula is C5H4N4O2. The average Bonchev–Trinajstić information content (AvgIpc) is 2.30. The van der Waals surface area contributed by atoms with Crippen molar-refractivity contribution in [3.8, 4) is 6.07 Å². The maximum Gasteiger partial charge on any atom is 0.360 e. The van der Waals surface area contributed by atoms with Crippen LogP contribution in [0.3, 0.4) is 0 Å². The molecule has 11 heavy (non-hydrogen) atoms. The van der Waals surface area contributed by atoms with Crippen LogP contribution in [0.4, 0.5) is 5.82 Å². The van der Waals surface area contributed by atoms with Gasteiger partial charge >= 0.3 is 5.82 Å². The molecule has 0 aliphatic carbocycles. The minimum Gasteiger partial charge on any atom is -0.358 e. The Labute approximate surface area is 61.8 Å². The van der Waals surface area contributed by atoms with Gasteiger partial charge in [-0.1, -0.05) is 0 Å². The van der Waals surface area contributed by atoms with Crippen molar-refractivity contribution in [2.45, 2.75) is 0 Å². The van der Waals surface area contributed by atoms with Crippen LogP contribution in [-0.2, 0) is 7.05 Å². The molecule has 0 spiro atoms. The van der Waals surface area contributed by atoms with Gasteiger partial charge in [-0.25, -0.2) is 4.57 Å². The van der Waals surface area contributed by atoms with Crippen molar-refractivity contribution >= 4 is 5.82 Å². The Hall–Kier alpha value is -1.90. The normalized spacial score (nSPS) is 9.09. The number of nitriles is 1. The van der Waals surface area contributed by atoms with Gasteiger partial charge in [0.1, 0.15) is 6.07 Å². The van der Waals surface area contributed by atoms with Gasteiger partial charge in [-0.15, -0.1) is 0 Å². The molecule has 0 atom stereocenters. The Morgan fingerprint density at radius 2 is 2.55 bits per heavy atom. The first-order chi connectivity index (χ1) is 5.16. The van der Waals surface area contributed by atoms with Crippen molar-refractivity contribution in [3.05, 3.63) is 22.1 Å². The summed E-state index contributed by atoms with van der Waals surface area (Å²) in [5.41, 5.74) is -0.155.